The Hall–Kier alpha value is -1.66. The fraction of sp³-hybridized carbons (Fsp3) is 0.533. The van der Waals surface area contributed by atoms with E-state index in [4.69, 9.17) is 5.73 Å². The lowest BCUT2D eigenvalue weighted by Gasteiger charge is -2.23. The Kier molecular flexibility index (Phi) is 7.11. The number of halogens is 1. The van der Waals surface area contributed by atoms with E-state index in [0.29, 0.717) is 5.69 Å². The van der Waals surface area contributed by atoms with Gasteiger partial charge in [0.05, 0.1) is 12.2 Å². The molecule has 1 aromatic carbocycles. The van der Waals surface area contributed by atoms with Gasteiger partial charge >= 0.3 is 0 Å². The minimum atomic E-state index is -0.479. The van der Waals surface area contributed by atoms with E-state index in [1.54, 1.807) is 0 Å². The summed E-state index contributed by atoms with van der Waals surface area (Å²) in [7, 11) is 3.98. The maximum Gasteiger partial charge on any atom is 0.238 e. The van der Waals surface area contributed by atoms with Crippen molar-refractivity contribution in [3.63, 3.8) is 0 Å². The predicted molar refractivity (Wildman–Crippen MR) is 84.7 cm³/mol. The van der Waals surface area contributed by atoms with Gasteiger partial charge in [0.25, 0.3) is 0 Å². The normalized spacial score (nSPS) is 11.1. The summed E-state index contributed by atoms with van der Waals surface area (Å²) in [5.41, 5.74) is 6.15. The molecule has 0 saturated heterocycles. The maximum absolute atomic E-state index is 13.6. The van der Waals surface area contributed by atoms with Crippen molar-refractivity contribution in [3.05, 3.63) is 24.0 Å². The summed E-state index contributed by atoms with van der Waals surface area (Å²) in [6.07, 6.45) is 0.966. The number of hydrogen-bond donors (Lipinski definition) is 2. The molecule has 1 amide bonds. The first-order chi connectivity index (χ1) is 9.92. The number of rotatable bonds is 8. The molecule has 0 heterocycles. The molecule has 3 N–H and O–H groups in total. The monoisotopic (exact) mass is 296 g/mol. The number of likely N-dealkylation sites (N-methyl/N-ethyl adjacent to an activating group) is 1. The van der Waals surface area contributed by atoms with Crippen LogP contribution in [0.3, 0.4) is 0 Å². The maximum atomic E-state index is 13.6. The van der Waals surface area contributed by atoms with Crippen molar-refractivity contribution in [2.24, 2.45) is 0 Å². The van der Waals surface area contributed by atoms with Crippen LogP contribution in [0.4, 0.5) is 15.8 Å². The lowest BCUT2D eigenvalue weighted by atomic mass is 10.2. The summed E-state index contributed by atoms with van der Waals surface area (Å²) >= 11 is 0. The highest BCUT2D eigenvalue weighted by molar-refractivity contribution is 5.92. The third kappa shape index (κ3) is 6.55. The van der Waals surface area contributed by atoms with Crippen molar-refractivity contribution in [2.75, 3.05) is 51.3 Å². The molecule has 1 rings (SSSR count). The zero-order valence-corrected chi connectivity index (χ0v) is 13.0. The minimum absolute atomic E-state index is 0.129. The van der Waals surface area contributed by atoms with Crippen molar-refractivity contribution in [2.45, 2.75) is 13.3 Å². The standard InChI is InChI=1S/C15H25FN4O/c1-4-7-20(9-8-19(2)3)11-15(21)18-14-10-12(17)5-6-13(14)16/h5-6,10H,4,7-9,11,17H2,1-3H3,(H,18,21). The van der Waals surface area contributed by atoms with E-state index in [-0.39, 0.29) is 18.1 Å². The summed E-state index contributed by atoms with van der Waals surface area (Å²) < 4.78 is 13.6. The molecule has 0 aliphatic carbocycles. The SMILES string of the molecule is CCCN(CCN(C)C)CC(=O)Nc1cc(N)ccc1F. The van der Waals surface area contributed by atoms with Gasteiger partial charge in [-0.25, -0.2) is 4.39 Å². The van der Waals surface area contributed by atoms with Gasteiger partial charge in [-0.2, -0.15) is 0 Å². The Bertz CT molecular complexity index is 465. The Morgan fingerprint density at radius 2 is 2.00 bits per heavy atom. The van der Waals surface area contributed by atoms with Crippen LogP contribution in [0.5, 0.6) is 0 Å². The Balaban J connectivity index is 2.58. The number of carbonyl (C=O) groups excluding carboxylic acids is 1. The van der Waals surface area contributed by atoms with Gasteiger partial charge in [-0.15, -0.1) is 0 Å². The highest BCUT2D eigenvalue weighted by atomic mass is 19.1. The summed E-state index contributed by atoms with van der Waals surface area (Å²) in [5.74, 6) is -0.709. The van der Waals surface area contributed by atoms with Crippen LogP contribution in [0.15, 0.2) is 18.2 Å². The zero-order valence-electron chi connectivity index (χ0n) is 13.0. The first-order valence-corrected chi connectivity index (χ1v) is 7.14. The summed E-state index contributed by atoms with van der Waals surface area (Å²) in [4.78, 5) is 16.2. The average Bonchev–Trinajstić information content (AvgIpc) is 2.40. The lowest BCUT2D eigenvalue weighted by Crippen LogP contribution is -2.38. The summed E-state index contributed by atoms with van der Waals surface area (Å²) in [6, 6.07) is 4.14. The van der Waals surface area contributed by atoms with Crippen LogP contribution in [-0.4, -0.2) is 56.0 Å². The van der Waals surface area contributed by atoms with Crippen LogP contribution in [-0.2, 0) is 4.79 Å². The molecular weight excluding hydrogens is 271 g/mol. The van der Waals surface area contributed by atoms with Crippen LogP contribution in [0.2, 0.25) is 0 Å². The molecule has 0 bridgehead atoms. The summed E-state index contributed by atoms with van der Waals surface area (Å²) in [6.45, 7) is 4.82. The van der Waals surface area contributed by atoms with Crippen LogP contribution < -0.4 is 11.1 Å². The van der Waals surface area contributed by atoms with Crippen LogP contribution in [0.1, 0.15) is 13.3 Å². The molecule has 0 spiro atoms. The second-order valence-corrected chi connectivity index (χ2v) is 5.37. The van der Waals surface area contributed by atoms with Crippen molar-refractivity contribution in [1.29, 1.82) is 0 Å². The number of carbonyl (C=O) groups is 1. The highest BCUT2D eigenvalue weighted by Crippen LogP contribution is 2.17. The third-order valence-corrected chi connectivity index (χ3v) is 3.03. The molecule has 118 valence electrons. The first kappa shape index (κ1) is 17.4. The molecule has 0 aromatic heterocycles. The molecule has 0 fully saturated rings. The fourth-order valence-corrected chi connectivity index (χ4v) is 1.96. The minimum Gasteiger partial charge on any atom is -0.399 e. The van der Waals surface area contributed by atoms with Gasteiger partial charge in [0.1, 0.15) is 5.82 Å². The molecule has 0 aliphatic heterocycles. The lowest BCUT2D eigenvalue weighted by molar-refractivity contribution is -0.117. The molecule has 0 unspecified atom stereocenters. The van der Waals surface area contributed by atoms with Crippen LogP contribution in [0.25, 0.3) is 0 Å². The highest BCUT2D eigenvalue weighted by Gasteiger charge is 2.12. The van der Waals surface area contributed by atoms with Crippen molar-refractivity contribution < 1.29 is 9.18 Å². The second kappa shape index (κ2) is 8.59. The Labute approximate surface area is 125 Å². The topological polar surface area (TPSA) is 61.6 Å². The zero-order chi connectivity index (χ0) is 15.8. The van der Waals surface area contributed by atoms with Gasteiger partial charge in [0, 0.05) is 18.8 Å². The molecule has 6 heteroatoms. The molecule has 0 aliphatic rings. The quantitative estimate of drug-likeness (QED) is 0.716. The first-order valence-electron chi connectivity index (χ1n) is 7.14. The van der Waals surface area contributed by atoms with E-state index in [0.717, 1.165) is 26.1 Å². The smallest absolute Gasteiger partial charge is 0.238 e. The fourth-order valence-electron chi connectivity index (χ4n) is 1.96. The Morgan fingerprint density at radius 3 is 2.62 bits per heavy atom. The number of nitrogens with two attached hydrogens (primary N) is 1. The average molecular weight is 296 g/mol. The molecule has 0 atom stereocenters. The van der Waals surface area contributed by atoms with Crippen LogP contribution in [0, 0.1) is 5.82 Å². The van der Waals surface area contributed by atoms with Crippen molar-refractivity contribution in [1.82, 2.24) is 9.80 Å². The Morgan fingerprint density at radius 1 is 1.29 bits per heavy atom. The molecule has 0 saturated carbocycles. The molecule has 21 heavy (non-hydrogen) atoms. The molecule has 0 radical (unpaired) electrons. The number of amides is 1. The molecular formula is C15H25FN4O. The predicted octanol–water partition coefficient (Wildman–Crippen LogP) is 1.62. The largest absolute Gasteiger partial charge is 0.399 e. The molecule has 5 nitrogen and oxygen atoms in total. The van der Waals surface area contributed by atoms with Gasteiger partial charge in [-0.1, -0.05) is 6.92 Å². The molecule has 1 aromatic rings. The number of nitrogen functional groups attached to an aromatic ring is 1. The number of nitrogens with zero attached hydrogens (tertiary/aromatic N) is 2. The van der Waals surface area contributed by atoms with E-state index in [1.165, 1.54) is 18.2 Å². The van der Waals surface area contributed by atoms with Gasteiger partial charge in [-0.05, 0) is 45.3 Å². The van der Waals surface area contributed by atoms with E-state index in [2.05, 4.69) is 22.0 Å². The van der Waals surface area contributed by atoms with Crippen molar-refractivity contribution in [3.8, 4) is 0 Å². The van der Waals surface area contributed by atoms with Gasteiger partial charge in [0.15, 0.2) is 0 Å². The van der Waals surface area contributed by atoms with Crippen molar-refractivity contribution >= 4 is 17.3 Å². The number of benzene rings is 1. The van der Waals surface area contributed by atoms with E-state index in [9.17, 15) is 9.18 Å². The van der Waals surface area contributed by atoms with Gasteiger partial charge < -0.3 is 16.0 Å². The summed E-state index contributed by atoms with van der Waals surface area (Å²) in [5, 5.41) is 2.58. The van der Waals surface area contributed by atoms with Gasteiger partial charge in [0.2, 0.25) is 5.91 Å². The second-order valence-electron chi connectivity index (χ2n) is 5.37. The van der Waals surface area contributed by atoms with Crippen LogP contribution >= 0.6 is 0 Å². The number of nitrogens with one attached hydrogen (secondary N) is 1. The van der Waals surface area contributed by atoms with E-state index >= 15 is 0 Å². The number of hydrogen-bond acceptors (Lipinski definition) is 4. The van der Waals surface area contributed by atoms with Gasteiger partial charge in [-0.3, -0.25) is 9.69 Å². The number of anilines is 2. The van der Waals surface area contributed by atoms with E-state index < -0.39 is 5.82 Å². The third-order valence-electron chi connectivity index (χ3n) is 3.03. The van der Waals surface area contributed by atoms with E-state index in [1.807, 2.05) is 14.1 Å².